The van der Waals surface area contributed by atoms with Gasteiger partial charge in [-0.2, -0.15) is 0 Å². The molecule has 0 atom stereocenters. The van der Waals surface area contributed by atoms with Crippen molar-refractivity contribution in [2.75, 3.05) is 7.11 Å². The van der Waals surface area contributed by atoms with Crippen LogP contribution < -0.4 is 5.73 Å². The Balaban J connectivity index is 2.46. The summed E-state index contributed by atoms with van der Waals surface area (Å²) in [7, 11) is 1.31. The van der Waals surface area contributed by atoms with Crippen LogP contribution in [0.4, 0.5) is 0 Å². The average Bonchev–Trinajstić information content (AvgIpc) is 2.52. The van der Waals surface area contributed by atoms with Crippen molar-refractivity contribution in [2.45, 2.75) is 0 Å². The van der Waals surface area contributed by atoms with Crippen molar-refractivity contribution in [2.24, 2.45) is 5.73 Å². The summed E-state index contributed by atoms with van der Waals surface area (Å²) in [6.45, 7) is 0. The molecule has 0 aliphatic heterocycles. The third-order valence-electron chi connectivity index (χ3n) is 2.86. The molecule has 2 aromatic rings. The van der Waals surface area contributed by atoms with Crippen molar-refractivity contribution in [3.63, 3.8) is 0 Å². The number of carbonyl (C=O) groups excluding carboxylic acids is 2. The van der Waals surface area contributed by atoms with Gasteiger partial charge >= 0.3 is 5.97 Å². The van der Waals surface area contributed by atoms with E-state index in [0.29, 0.717) is 22.3 Å². The molecular formula is C17H13NO3. The van der Waals surface area contributed by atoms with Crippen LogP contribution in [0.1, 0.15) is 31.8 Å². The minimum absolute atomic E-state index is 0.348. The zero-order valence-electron chi connectivity index (χ0n) is 11.4. The van der Waals surface area contributed by atoms with Crippen LogP contribution in [0.3, 0.4) is 0 Å². The number of ether oxygens (including phenoxy) is 1. The largest absolute Gasteiger partial charge is 0.465 e. The Morgan fingerprint density at radius 1 is 0.905 bits per heavy atom. The van der Waals surface area contributed by atoms with Gasteiger partial charge in [-0.3, -0.25) is 4.79 Å². The van der Waals surface area contributed by atoms with E-state index in [9.17, 15) is 9.59 Å². The van der Waals surface area contributed by atoms with Gasteiger partial charge in [0.25, 0.3) is 0 Å². The second-order valence-corrected chi connectivity index (χ2v) is 4.20. The Labute approximate surface area is 122 Å². The summed E-state index contributed by atoms with van der Waals surface area (Å²) in [6, 6.07) is 13.6. The molecule has 1 amide bonds. The molecule has 2 aromatic carbocycles. The first-order chi connectivity index (χ1) is 10.1. The Bertz CT molecular complexity index is 754. The van der Waals surface area contributed by atoms with E-state index in [-0.39, 0.29) is 0 Å². The van der Waals surface area contributed by atoms with E-state index in [1.54, 1.807) is 48.5 Å². The van der Waals surface area contributed by atoms with Gasteiger partial charge < -0.3 is 10.5 Å². The van der Waals surface area contributed by atoms with Crippen molar-refractivity contribution >= 4 is 11.9 Å². The molecule has 2 rings (SSSR count). The van der Waals surface area contributed by atoms with Crippen molar-refractivity contribution in [1.82, 2.24) is 0 Å². The minimum atomic E-state index is -0.541. The number of amides is 1. The quantitative estimate of drug-likeness (QED) is 0.675. The van der Waals surface area contributed by atoms with Crippen LogP contribution in [0, 0.1) is 11.8 Å². The summed E-state index contributed by atoms with van der Waals surface area (Å²) >= 11 is 0. The molecule has 0 heterocycles. The van der Waals surface area contributed by atoms with E-state index in [1.807, 2.05) is 0 Å². The number of esters is 1. The average molecular weight is 279 g/mol. The Morgan fingerprint density at radius 2 is 1.38 bits per heavy atom. The molecule has 0 radical (unpaired) electrons. The van der Waals surface area contributed by atoms with Crippen LogP contribution in [0.25, 0.3) is 0 Å². The molecule has 0 aromatic heterocycles. The van der Waals surface area contributed by atoms with Gasteiger partial charge in [0, 0.05) is 11.1 Å². The highest BCUT2D eigenvalue weighted by Crippen LogP contribution is 2.10. The highest BCUT2D eigenvalue weighted by molar-refractivity contribution is 5.95. The molecule has 4 nitrogen and oxygen atoms in total. The lowest BCUT2D eigenvalue weighted by atomic mass is 10.0. The summed E-state index contributed by atoms with van der Waals surface area (Å²) in [5, 5.41) is 0. The first-order valence-electron chi connectivity index (χ1n) is 6.21. The number of primary amides is 1. The van der Waals surface area contributed by atoms with E-state index in [2.05, 4.69) is 11.8 Å². The zero-order chi connectivity index (χ0) is 15.2. The third kappa shape index (κ3) is 3.28. The summed E-state index contributed by atoms with van der Waals surface area (Å²) in [6.07, 6.45) is 0. The van der Waals surface area contributed by atoms with E-state index >= 15 is 0 Å². The van der Waals surface area contributed by atoms with Crippen LogP contribution in [0.2, 0.25) is 0 Å². The molecular weight excluding hydrogens is 266 g/mol. The molecule has 2 N–H and O–H groups in total. The van der Waals surface area contributed by atoms with Gasteiger partial charge in [-0.15, -0.1) is 0 Å². The number of hydrogen-bond acceptors (Lipinski definition) is 3. The highest BCUT2D eigenvalue weighted by Gasteiger charge is 2.09. The molecule has 0 aliphatic carbocycles. The van der Waals surface area contributed by atoms with Gasteiger partial charge in [0.2, 0.25) is 5.91 Å². The second kappa shape index (κ2) is 6.40. The first kappa shape index (κ1) is 14.4. The summed E-state index contributed by atoms with van der Waals surface area (Å²) in [5.41, 5.74) is 7.08. The molecule has 104 valence electrons. The zero-order valence-corrected chi connectivity index (χ0v) is 11.4. The SMILES string of the molecule is COC(=O)c1ccccc1C#Cc1ccccc1C(N)=O. The van der Waals surface area contributed by atoms with Gasteiger partial charge in [0.1, 0.15) is 0 Å². The molecule has 0 bridgehead atoms. The van der Waals surface area contributed by atoms with Gasteiger partial charge in [-0.05, 0) is 24.3 Å². The van der Waals surface area contributed by atoms with Gasteiger partial charge in [0.15, 0.2) is 0 Å². The van der Waals surface area contributed by atoms with Crippen LogP contribution >= 0.6 is 0 Å². The topological polar surface area (TPSA) is 69.4 Å². The maximum atomic E-state index is 11.7. The lowest BCUT2D eigenvalue weighted by Gasteiger charge is -2.02. The summed E-state index contributed by atoms with van der Waals surface area (Å²) in [4.78, 5) is 23.0. The lowest BCUT2D eigenvalue weighted by Crippen LogP contribution is -2.12. The van der Waals surface area contributed by atoms with Gasteiger partial charge in [-0.1, -0.05) is 36.1 Å². The van der Waals surface area contributed by atoms with Crippen molar-refractivity contribution in [3.8, 4) is 11.8 Å². The maximum Gasteiger partial charge on any atom is 0.339 e. The van der Waals surface area contributed by atoms with Crippen molar-refractivity contribution in [3.05, 3.63) is 70.8 Å². The Morgan fingerprint density at radius 3 is 1.90 bits per heavy atom. The van der Waals surface area contributed by atoms with Crippen LogP contribution in [0.15, 0.2) is 48.5 Å². The number of nitrogens with two attached hydrogens (primary N) is 1. The molecule has 0 saturated heterocycles. The molecule has 21 heavy (non-hydrogen) atoms. The van der Waals surface area contributed by atoms with E-state index in [1.165, 1.54) is 7.11 Å². The first-order valence-corrected chi connectivity index (χ1v) is 6.21. The minimum Gasteiger partial charge on any atom is -0.465 e. The number of benzene rings is 2. The van der Waals surface area contributed by atoms with Crippen LogP contribution in [-0.2, 0) is 4.74 Å². The van der Waals surface area contributed by atoms with E-state index in [0.717, 1.165) is 0 Å². The number of hydrogen-bond donors (Lipinski definition) is 1. The predicted molar refractivity (Wildman–Crippen MR) is 78.7 cm³/mol. The van der Waals surface area contributed by atoms with Gasteiger partial charge in [0.05, 0.1) is 18.2 Å². The monoisotopic (exact) mass is 279 g/mol. The Kier molecular flexibility index (Phi) is 4.37. The Hall–Kier alpha value is -3.06. The third-order valence-corrected chi connectivity index (χ3v) is 2.86. The van der Waals surface area contributed by atoms with E-state index in [4.69, 9.17) is 10.5 Å². The summed E-state index contributed by atoms with van der Waals surface area (Å²) < 4.78 is 4.71. The van der Waals surface area contributed by atoms with Crippen molar-refractivity contribution in [1.29, 1.82) is 0 Å². The van der Waals surface area contributed by atoms with Crippen LogP contribution in [-0.4, -0.2) is 19.0 Å². The van der Waals surface area contributed by atoms with E-state index < -0.39 is 11.9 Å². The lowest BCUT2D eigenvalue weighted by molar-refractivity contribution is 0.0600. The molecule has 0 fully saturated rings. The maximum absolute atomic E-state index is 11.7. The standard InChI is InChI=1S/C17H13NO3/c1-21-17(20)15-9-5-3-7-13(15)11-10-12-6-2-4-8-14(12)16(18)19/h2-9H,1H3,(H2,18,19). The fraction of sp³-hybridized carbons (Fsp3) is 0.0588. The molecule has 0 saturated carbocycles. The normalized spacial score (nSPS) is 9.38. The fourth-order valence-electron chi connectivity index (χ4n) is 1.82. The predicted octanol–water partition coefficient (Wildman–Crippen LogP) is 1.97. The summed E-state index contributed by atoms with van der Waals surface area (Å²) in [5.74, 6) is 4.76. The number of carbonyl (C=O) groups is 2. The smallest absolute Gasteiger partial charge is 0.339 e. The van der Waals surface area contributed by atoms with Crippen molar-refractivity contribution < 1.29 is 14.3 Å². The van der Waals surface area contributed by atoms with Crippen LogP contribution in [0.5, 0.6) is 0 Å². The molecule has 0 spiro atoms. The molecule has 0 aliphatic rings. The molecule has 0 unspecified atom stereocenters. The number of rotatable bonds is 2. The highest BCUT2D eigenvalue weighted by atomic mass is 16.5. The van der Waals surface area contributed by atoms with Gasteiger partial charge in [-0.25, -0.2) is 4.79 Å². The molecule has 4 heteroatoms. The fourth-order valence-corrected chi connectivity index (χ4v) is 1.82. The number of methoxy groups -OCH3 is 1. The second-order valence-electron chi connectivity index (χ2n) is 4.20.